The number of hydrazine groups is 1. The third-order valence-corrected chi connectivity index (χ3v) is 2.60. The highest BCUT2D eigenvalue weighted by Crippen LogP contribution is 2.23. The number of nitrogen functional groups attached to an aromatic ring is 1. The molecule has 0 atom stereocenters. The molecule has 0 aliphatic carbocycles. The zero-order valence-corrected chi connectivity index (χ0v) is 8.51. The number of benzene rings is 2. The number of fused-ring (bicyclic) bond motifs is 3. The third-order valence-electron chi connectivity index (χ3n) is 2.60. The van der Waals surface area contributed by atoms with Crippen LogP contribution < -0.4 is 11.3 Å². The van der Waals surface area contributed by atoms with Crippen LogP contribution in [0, 0.1) is 0 Å². The van der Waals surface area contributed by atoms with Crippen LogP contribution in [0.5, 0.6) is 0 Å². The SMILES string of the molecule is NNc1ncc2ccc3ccccc3c2n1. The van der Waals surface area contributed by atoms with Gasteiger partial charge in [0.2, 0.25) is 5.95 Å². The van der Waals surface area contributed by atoms with E-state index in [4.69, 9.17) is 5.84 Å². The number of anilines is 1. The molecule has 4 heteroatoms. The quantitative estimate of drug-likeness (QED) is 0.366. The number of rotatable bonds is 1. The van der Waals surface area contributed by atoms with E-state index in [1.807, 2.05) is 24.3 Å². The van der Waals surface area contributed by atoms with Crippen LogP contribution in [0.25, 0.3) is 21.7 Å². The highest BCUT2D eigenvalue weighted by molar-refractivity contribution is 6.05. The van der Waals surface area contributed by atoms with Gasteiger partial charge in [-0.1, -0.05) is 36.4 Å². The Labute approximate surface area is 92.1 Å². The van der Waals surface area contributed by atoms with Gasteiger partial charge in [0.05, 0.1) is 5.52 Å². The maximum atomic E-state index is 5.31. The van der Waals surface area contributed by atoms with Crippen LogP contribution in [-0.4, -0.2) is 9.97 Å². The van der Waals surface area contributed by atoms with E-state index in [1.54, 1.807) is 6.20 Å². The maximum Gasteiger partial charge on any atom is 0.237 e. The topological polar surface area (TPSA) is 63.8 Å². The number of hydrogen-bond donors (Lipinski definition) is 2. The molecule has 3 aromatic rings. The fourth-order valence-corrected chi connectivity index (χ4v) is 1.84. The molecule has 0 radical (unpaired) electrons. The standard InChI is InChI=1S/C12H10N4/c13-16-12-14-7-9-6-5-8-3-1-2-4-10(8)11(9)15-12/h1-7H,13H2,(H,14,15,16). The molecule has 0 saturated carbocycles. The van der Waals surface area contributed by atoms with Gasteiger partial charge in [0.15, 0.2) is 0 Å². The summed E-state index contributed by atoms with van der Waals surface area (Å²) in [6.07, 6.45) is 1.77. The normalized spacial score (nSPS) is 10.8. The summed E-state index contributed by atoms with van der Waals surface area (Å²) < 4.78 is 0. The Hall–Kier alpha value is -2.20. The van der Waals surface area contributed by atoms with Gasteiger partial charge in [-0.3, -0.25) is 5.43 Å². The summed E-state index contributed by atoms with van der Waals surface area (Å²) in [5, 5.41) is 3.29. The number of aromatic nitrogens is 2. The Morgan fingerprint density at radius 1 is 1.00 bits per heavy atom. The first-order chi connectivity index (χ1) is 7.88. The molecule has 0 bridgehead atoms. The van der Waals surface area contributed by atoms with Crippen LogP contribution in [0.4, 0.5) is 5.95 Å². The Bertz CT molecular complexity index is 663. The van der Waals surface area contributed by atoms with E-state index in [-0.39, 0.29) is 0 Å². The Morgan fingerprint density at radius 2 is 1.81 bits per heavy atom. The van der Waals surface area contributed by atoms with Gasteiger partial charge < -0.3 is 0 Å². The van der Waals surface area contributed by atoms with Crippen molar-refractivity contribution < 1.29 is 0 Å². The van der Waals surface area contributed by atoms with Crippen LogP contribution >= 0.6 is 0 Å². The van der Waals surface area contributed by atoms with E-state index in [2.05, 4.69) is 27.5 Å². The van der Waals surface area contributed by atoms with Gasteiger partial charge in [-0.25, -0.2) is 15.8 Å². The molecule has 0 unspecified atom stereocenters. The first-order valence-corrected chi connectivity index (χ1v) is 4.99. The summed E-state index contributed by atoms with van der Waals surface area (Å²) in [5.74, 6) is 5.74. The van der Waals surface area contributed by atoms with Crippen molar-refractivity contribution in [3.63, 3.8) is 0 Å². The van der Waals surface area contributed by atoms with Gasteiger partial charge in [0.1, 0.15) is 0 Å². The minimum atomic E-state index is 0.434. The van der Waals surface area contributed by atoms with Gasteiger partial charge in [0.25, 0.3) is 0 Å². The molecular formula is C12H10N4. The molecule has 4 nitrogen and oxygen atoms in total. The average Bonchev–Trinajstić information content (AvgIpc) is 2.38. The Morgan fingerprint density at radius 3 is 2.69 bits per heavy atom. The largest absolute Gasteiger partial charge is 0.292 e. The van der Waals surface area contributed by atoms with E-state index in [0.717, 1.165) is 21.7 Å². The Kier molecular flexibility index (Phi) is 1.94. The Balaban J connectivity index is 2.47. The number of nitrogens with zero attached hydrogens (tertiary/aromatic N) is 2. The molecule has 0 amide bonds. The molecule has 3 N–H and O–H groups in total. The van der Waals surface area contributed by atoms with Crippen molar-refractivity contribution in [1.82, 2.24) is 9.97 Å². The molecule has 2 aromatic carbocycles. The van der Waals surface area contributed by atoms with Crippen molar-refractivity contribution in [3.05, 3.63) is 42.6 Å². The highest BCUT2D eigenvalue weighted by Gasteiger charge is 2.02. The van der Waals surface area contributed by atoms with E-state index >= 15 is 0 Å². The molecule has 1 heterocycles. The van der Waals surface area contributed by atoms with Crippen molar-refractivity contribution in [1.29, 1.82) is 0 Å². The minimum absolute atomic E-state index is 0.434. The van der Waals surface area contributed by atoms with Crippen LogP contribution in [0.1, 0.15) is 0 Å². The van der Waals surface area contributed by atoms with Crippen LogP contribution in [-0.2, 0) is 0 Å². The highest BCUT2D eigenvalue weighted by atomic mass is 15.3. The lowest BCUT2D eigenvalue weighted by Crippen LogP contribution is -2.10. The summed E-state index contributed by atoms with van der Waals surface area (Å²) in [5.41, 5.74) is 3.38. The van der Waals surface area contributed by atoms with Crippen molar-refractivity contribution in [2.75, 3.05) is 5.43 Å². The smallest absolute Gasteiger partial charge is 0.237 e. The van der Waals surface area contributed by atoms with Crippen molar-refractivity contribution in [3.8, 4) is 0 Å². The fourth-order valence-electron chi connectivity index (χ4n) is 1.84. The number of hydrogen-bond acceptors (Lipinski definition) is 4. The van der Waals surface area contributed by atoms with Gasteiger partial charge in [-0.05, 0) is 5.39 Å². The second-order valence-electron chi connectivity index (χ2n) is 3.56. The third kappa shape index (κ3) is 1.28. The number of nitrogens with two attached hydrogens (primary N) is 1. The first-order valence-electron chi connectivity index (χ1n) is 4.99. The lowest BCUT2D eigenvalue weighted by atomic mass is 10.1. The summed E-state index contributed by atoms with van der Waals surface area (Å²) in [4.78, 5) is 8.46. The molecule has 0 aliphatic heterocycles. The average molecular weight is 210 g/mol. The lowest BCUT2D eigenvalue weighted by Gasteiger charge is -2.04. The van der Waals surface area contributed by atoms with E-state index in [1.165, 1.54) is 0 Å². The molecular weight excluding hydrogens is 200 g/mol. The molecule has 1 aromatic heterocycles. The zero-order chi connectivity index (χ0) is 11.0. The molecule has 0 spiro atoms. The van der Waals surface area contributed by atoms with E-state index in [9.17, 15) is 0 Å². The van der Waals surface area contributed by atoms with Gasteiger partial charge in [-0.2, -0.15) is 0 Å². The predicted octanol–water partition coefficient (Wildman–Crippen LogP) is 2.07. The van der Waals surface area contributed by atoms with Crippen LogP contribution in [0.2, 0.25) is 0 Å². The summed E-state index contributed by atoms with van der Waals surface area (Å²) in [6, 6.07) is 12.2. The molecule has 0 fully saturated rings. The lowest BCUT2D eigenvalue weighted by molar-refractivity contribution is 1.15. The molecule has 16 heavy (non-hydrogen) atoms. The van der Waals surface area contributed by atoms with Crippen molar-refractivity contribution >= 4 is 27.6 Å². The van der Waals surface area contributed by atoms with E-state index < -0.39 is 0 Å². The van der Waals surface area contributed by atoms with Gasteiger partial charge in [0, 0.05) is 17.0 Å². The van der Waals surface area contributed by atoms with Crippen LogP contribution in [0.15, 0.2) is 42.6 Å². The summed E-state index contributed by atoms with van der Waals surface area (Å²) in [6.45, 7) is 0. The van der Waals surface area contributed by atoms with E-state index in [0.29, 0.717) is 5.95 Å². The van der Waals surface area contributed by atoms with Crippen molar-refractivity contribution in [2.45, 2.75) is 0 Å². The van der Waals surface area contributed by atoms with Crippen LogP contribution in [0.3, 0.4) is 0 Å². The van der Waals surface area contributed by atoms with Gasteiger partial charge in [-0.15, -0.1) is 0 Å². The second kappa shape index (κ2) is 3.43. The predicted molar refractivity (Wildman–Crippen MR) is 64.9 cm³/mol. The van der Waals surface area contributed by atoms with Gasteiger partial charge >= 0.3 is 0 Å². The molecule has 78 valence electrons. The maximum absolute atomic E-state index is 5.31. The zero-order valence-electron chi connectivity index (χ0n) is 8.51. The number of nitrogens with one attached hydrogen (secondary N) is 1. The fraction of sp³-hybridized carbons (Fsp3) is 0. The monoisotopic (exact) mass is 210 g/mol. The second-order valence-corrected chi connectivity index (χ2v) is 3.56. The van der Waals surface area contributed by atoms with Crippen molar-refractivity contribution in [2.24, 2.45) is 5.84 Å². The summed E-state index contributed by atoms with van der Waals surface area (Å²) in [7, 11) is 0. The minimum Gasteiger partial charge on any atom is -0.292 e. The molecule has 0 saturated heterocycles. The molecule has 3 rings (SSSR count). The first kappa shape index (κ1) is 9.06. The molecule has 0 aliphatic rings. The summed E-state index contributed by atoms with van der Waals surface area (Å²) >= 11 is 0.